The first kappa shape index (κ1) is 11.8. The number of carbonyl (C=O) groups is 1. The van der Waals surface area contributed by atoms with Crippen molar-refractivity contribution < 1.29 is 24.1 Å². The van der Waals surface area contributed by atoms with E-state index in [1.165, 1.54) is 7.11 Å². The maximum absolute atomic E-state index is 13.1. The van der Waals surface area contributed by atoms with Crippen LogP contribution in [-0.2, 0) is 11.2 Å². The lowest BCUT2D eigenvalue weighted by Crippen LogP contribution is -2.03. The first-order chi connectivity index (χ1) is 6.97. The molecule has 0 bridgehead atoms. The molecular weight excluding hydrogens is 271 g/mol. The first-order valence-corrected chi connectivity index (χ1v) is 4.72. The van der Waals surface area contributed by atoms with Gasteiger partial charge in [-0.3, -0.25) is 4.79 Å². The van der Waals surface area contributed by atoms with Gasteiger partial charge in [-0.15, -0.1) is 0 Å². The number of benzene rings is 1. The average Bonchev–Trinajstić information content (AvgIpc) is 2.14. The van der Waals surface area contributed by atoms with Gasteiger partial charge in [0.2, 0.25) is 0 Å². The Labute approximate surface area is 93.4 Å². The second kappa shape index (κ2) is 4.48. The fourth-order valence-corrected chi connectivity index (χ4v) is 1.76. The standard InChI is InChI=1S/C9H8BrFO4/c1-15-9-4(3-6(12)13)2-5(11)8(14)7(9)10/h2,14H,3H2,1H3,(H,12,13). The van der Waals surface area contributed by atoms with Crippen molar-refractivity contribution in [3.8, 4) is 11.5 Å². The van der Waals surface area contributed by atoms with Crippen LogP contribution in [0.15, 0.2) is 10.5 Å². The van der Waals surface area contributed by atoms with E-state index in [0.717, 1.165) is 6.07 Å². The number of phenols is 1. The molecule has 0 spiro atoms. The minimum absolute atomic E-state index is 0.0150. The summed E-state index contributed by atoms with van der Waals surface area (Å²) in [5.74, 6) is -2.47. The molecule has 0 aliphatic heterocycles. The molecule has 0 saturated carbocycles. The van der Waals surface area contributed by atoms with Gasteiger partial charge in [0, 0.05) is 5.56 Å². The molecule has 0 aliphatic rings. The first-order valence-electron chi connectivity index (χ1n) is 3.93. The molecule has 0 unspecified atom stereocenters. The molecule has 15 heavy (non-hydrogen) atoms. The van der Waals surface area contributed by atoms with Crippen LogP contribution >= 0.6 is 15.9 Å². The minimum Gasteiger partial charge on any atom is -0.504 e. The predicted molar refractivity (Wildman–Crippen MR) is 53.7 cm³/mol. The Bertz CT molecular complexity index is 406. The van der Waals surface area contributed by atoms with E-state index in [4.69, 9.17) is 9.84 Å². The van der Waals surface area contributed by atoms with Crippen molar-refractivity contribution in [1.82, 2.24) is 0 Å². The Hall–Kier alpha value is -1.30. The van der Waals surface area contributed by atoms with Crippen LogP contribution in [0.3, 0.4) is 0 Å². The topological polar surface area (TPSA) is 66.8 Å². The Morgan fingerprint density at radius 3 is 2.73 bits per heavy atom. The van der Waals surface area contributed by atoms with E-state index in [1.54, 1.807) is 0 Å². The third-order valence-corrected chi connectivity index (χ3v) is 2.51. The molecule has 4 nitrogen and oxygen atoms in total. The maximum Gasteiger partial charge on any atom is 0.307 e. The summed E-state index contributed by atoms with van der Waals surface area (Å²) in [6.45, 7) is 0. The van der Waals surface area contributed by atoms with E-state index in [-0.39, 0.29) is 22.2 Å². The minimum atomic E-state index is -1.11. The van der Waals surface area contributed by atoms with Crippen LogP contribution in [0.25, 0.3) is 0 Å². The van der Waals surface area contributed by atoms with Gasteiger partial charge in [0.05, 0.1) is 13.5 Å². The van der Waals surface area contributed by atoms with Crippen LogP contribution in [0.2, 0.25) is 0 Å². The molecule has 82 valence electrons. The summed E-state index contributed by atoms with van der Waals surface area (Å²) in [5, 5.41) is 17.8. The van der Waals surface area contributed by atoms with Crippen molar-refractivity contribution in [2.75, 3.05) is 7.11 Å². The van der Waals surface area contributed by atoms with Crippen molar-refractivity contribution >= 4 is 21.9 Å². The van der Waals surface area contributed by atoms with Crippen LogP contribution in [0.5, 0.6) is 11.5 Å². The van der Waals surface area contributed by atoms with Gasteiger partial charge < -0.3 is 14.9 Å². The lowest BCUT2D eigenvalue weighted by atomic mass is 10.1. The molecule has 2 N–H and O–H groups in total. The van der Waals surface area contributed by atoms with Crippen molar-refractivity contribution in [3.05, 3.63) is 21.9 Å². The number of hydrogen-bond donors (Lipinski definition) is 2. The summed E-state index contributed by atoms with van der Waals surface area (Å²) < 4.78 is 18.0. The summed E-state index contributed by atoms with van der Waals surface area (Å²) in [7, 11) is 1.31. The SMILES string of the molecule is COc1c(CC(=O)O)cc(F)c(O)c1Br. The average molecular weight is 279 g/mol. The third kappa shape index (κ3) is 2.38. The lowest BCUT2D eigenvalue weighted by Gasteiger charge is -2.10. The van der Waals surface area contributed by atoms with Crippen LogP contribution in [0.4, 0.5) is 4.39 Å². The molecule has 0 heterocycles. The number of aliphatic carboxylic acids is 1. The van der Waals surface area contributed by atoms with E-state index < -0.39 is 17.5 Å². The molecule has 0 aromatic heterocycles. The summed E-state index contributed by atoms with van der Waals surface area (Å²) in [5.41, 5.74) is 0.159. The van der Waals surface area contributed by atoms with Gasteiger partial charge in [-0.1, -0.05) is 0 Å². The van der Waals surface area contributed by atoms with Crippen molar-refractivity contribution in [2.24, 2.45) is 0 Å². The zero-order valence-electron chi connectivity index (χ0n) is 7.75. The van der Waals surface area contributed by atoms with Gasteiger partial charge in [0.15, 0.2) is 11.6 Å². The molecule has 0 atom stereocenters. The molecule has 6 heteroatoms. The zero-order chi connectivity index (χ0) is 11.6. The maximum atomic E-state index is 13.1. The highest BCUT2D eigenvalue weighted by atomic mass is 79.9. The van der Waals surface area contributed by atoms with Crippen molar-refractivity contribution in [2.45, 2.75) is 6.42 Å². The van der Waals surface area contributed by atoms with Gasteiger partial charge in [0.1, 0.15) is 10.2 Å². The normalized spacial score (nSPS) is 10.1. The fourth-order valence-electron chi connectivity index (χ4n) is 1.16. The summed E-state index contributed by atoms with van der Waals surface area (Å²) >= 11 is 2.92. The van der Waals surface area contributed by atoms with E-state index in [9.17, 15) is 14.3 Å². The summed E-state index contributed by atoms with van der Waals surface area (Å²) in [6.07, 6.45) is -0.376. The summed E-state index contributed by atoms with van der Waals surface area (Å²) in [6, 6.07) is 0.938. The lowest BCUT2D eigenvalue weighted by molar-refractivity contribution is -0.136. The highest BCUT2D eigenvalue weighted by Gasteiger charge is 2.18. The van der Waals surface area contributed by atoms with Crippen LogP contribution in [-0.4, -0.2) is 23.3 Å². The number of hydrogen-bond acceptors (Lipinski definition) is 3. The van der Waals surface area contributed by atoms with Gasteiger partial charge in [-0.05, 0) is 22.0 Å². The van der Waals surface area contributed by atoms with Crippen LogP contribution < -0.4 is 4.74 Å². The van der Waals surface area contributed by atoms with E-state index in [0.29, 0.717) is 0 Å². The largest absolute Gasteiger partial charge is 0.504 e. The second-order valence-corrected chi connectivity index (χ2v) is 3.58. The number of carboxylic acid groups (broad SMARTS) is 1. The van der Waals surface area contributed by atoms with Gasteiger partial charge in [0.25, 0.3) is 0 Å². The Morgan fingerprint density at radius 2 is 2.27 bits per heavy atom. The monoisotopic (exact) mass is 278 g/mol. The van der Waals surface area contributed by atoms with Crippen molar-refractivity contribution in [3.63, 3.8) is 0 Å². The molecule has 0 fully saturated rings. The third-order valence-electron chi connectivity index (χ3n) is 1.77. The summed E-state index contributed by atoms with van der Waals surface area (Å²) in [4.78, 5) is 10.5. The molecule has 0 radical (unpaired) electrons. The number of methoxy groups -OCH3 is 1. The smallest absolute Gasteiger partial charge is 0.307 e. The molecule has 1 aromatic rings. The number of halogens is 2. The van der Waals surface area contributed by atoms with E-state index in [2.05, 4.69) is 15.9 Å². The van der Waals surface area contributed by atoms with Crippen LogP contribution in [0.1, 0.15) is 5.56 Å². The molecule has 0 saturated heterocycles. The van der Waals surface area contributed by atoms with E-state index in [1.807, 2.05) is 0 Å². The van der Waals surface area contributed by atoms with Crippen molar-refractivity contribution in [1.29, 1.82) is 0 Å². The number of carboxylic acids is 1. The predicted octanol–water partition coefficient (Wildman–Crippen LogP) is 1.93. The van der Waals surface area contributed by atoms with E-state index >= 15 is 0 Å². The number of rotatable bonds is 3. The molecular formula is C9H8BrFO4. The molecule has 0 amide bonds. The Balaban J connectivity index is 3.31. The quantitative estimate of drug-likeness (QED) is 0.887. The number of phenolic OH excluding ortho intramolecular Hbond substituents is 1. The highest BCUT2D eigenvalue weighted by molar-refractivity contribution is 9.10. The fraction of sp³-hybridized carbons (Fsp3) is 0.222. The zero-order valence-corrected chi connectivity index (χ0v) is 9.34. The van der Waals surface area contributed by atoms with Gasteiger partial charge in [-0.2, -0.15) is 0 Å². The Morgan fingerprint density at radius 1 is 1.67 bits per heavy atom. The van der Waals surface area contributed by atoms with Gasteiger partial charge in [-0.25, -0.2) is 4.39 Å². The number of aromatic hydroxyl groups is 1. The van der Waals surface area contributed by atoms with Gasteiger partial charge >= 0.3 is 5.97 Å². The Kier molecular flexibility index (Phi) is 3.52. The number of ether oxygens (including phenoxy) is 1. The molecule has 1 rings (SSSR count). The second-order valence-electron chi connectivity index (χ2n) is 2.78. The molecule has 1 aromatic carbocycles. The van der Waals surface area contributed by atoms with Crippen LogP contribution in [0, 0.1) is 5.82 Å². The highest BCUT2D eigenvalue weighted by Crippen LogP contribution is 2.38. The molecule has 0 aliphatic carbocycles.